The fourth-order valence-electron chi connectivity index (χ4n) is 1.08. The predicted octanol–water partition coefficient (Wildman–Crippen LogP) is 1.32. The van der Waals surface area contributed by atoms with E-state index in [-0.39, 0.29) is 10.8 Å². The number of sulfonamides is 1. The predicted molar refractivity (Wildman–Crippen MR) is 67.5 cm³/mol. The molecule has 1 atom stereocenters. The van der Waals surface area contributed by atoms with Crippen LogP contribution in [0.1, 0.15) is 6.92 Å². The van der Waals surface area contributed by atoms with E-state index in [1.165, 1.54) is 0 Å². The Labute approximate surface area is 104 Å². The molecule has 0 aliphatic carbocycles. The maximum Gasteiger partial charge on any atom is 0.241 e. The van der Waals surface area contributed by atoms with E-state index in [0.717, 1.165) is 0 Å². The molecule has 0 amide bonds. The van der Waals surface area contributed by atoms with Crippen molar-refractivity contribution in [1.29, 1.82) is 0 Å². The van der Waals surface area contributed by atoms with E-state index >= 15 is 0 Å². The Bertz CT molecular complexity index is 448. The van der Waals surface area contributed by atoms with Gasteiger partial charge in [0, 0.05) is 11.0 Å². The van der Waals surface area contributed by atoms with E-state index < -0.39 is 10.0 Å². The molecule has 0 spiro atoms. The Morgan fingerprint density at radius 2 is 2.06 bits per heavy atom. The summed E-state index contributed by atoms with van der Waals surface area (Å²) in [6.07, 6.45) is 0. The van der Waals surface area contributed by atoms with Crippen LogP contribution in [-0.4, -0.2) is 21.5 Å². The lowest BCUT2D eigenvalue weighted by molar-refractivity contribution is 0.544. The first-order valence-electron chi connectivity index (χ1n) is 4.91. The molecule has 0 aromatic heterocycles. The van der Waals surface area contributed by atoms with E-state index in [4.69, 9.17) is 5.73 Å². The van der Waals surface area contributed by atoms with Crippen LogP contribution in [0.25, 0.3) is 0 Å². The molecule has 0 radical (unpaired) electrons. The van der Waals surface area contributed by atoms with Crippen molar-refractivity contribution < 1.29 is 8.42 Å². The minimum atomic E-state index is -3.45. The summed E-state index contributed by atoms with van der Waals surface area (Å²) in [7, 11) is -3.45. The fraction of sp³-hybridized carbons (Fsp3) is 0.400. The van der Waals surface area contributed by atoms with Gasteiger partial charge in [0.2, 0.25) is 10.0 Å². The van der Waals surface area contributed by atoms with Gasteiger partial charge in [-0.1, -0.05) is 19.1 Å². The number of halogens is 1. The maximum atomic E-state index is 11.9. The van der Waals surface area contributed by atoms with Crippen molar-refractivity contribution in [3.63, 3.8) is 0 Å². The van der Waals surface area contributed by atoms with Gasteiger partial charge < -0.3 is 5.73 Å². The van der Waals surface area contributed by atoms with Gasteiger partial charge >= 0.3 is 0 Å². The summed E-state index contributed by atoms with van der Waals surface area (Å²) in [4.78, 5) is 0.249. The van der Waals surface area contributed by atoms with Crippen LogP contribution in [-0.2, 0) is 10.0 Å². The lowest BCUT2D eigenvalue weighted by Crippen LogP contribution is -2.31. The van der Waals surface area contributed by atoms with Crippen molar-refractivity contribution in [3.8, 4) is 0 Å². The van der Waals surface area contributed by atoms with Crippen LogP contribution in [0.5, 0.6) is 0 Å². The zero-order chi connectivity index (χ0) is 12.2. The van der Waals surface area contributed by atoms with E-state index in [0.29, 0.717) is 17.6 Å². The van der Waals surface area contributed by atoms with Crippen LogP contribution < -0.4 is 10.5 Å². The highest BCUT2D eigenvalue weighted by atomic mass is 79.9. The van der Waals surface area contributed by atoms with E-state index in [1.54, 1.807) is 24.3 Å². The molecule has 1 aromatic rings. The average Bonchev–Trinajstić information content (AvgIpc) is 2.26. The van der Waals surface area contributed by atoms with Gasteiger partial charge in [-0.15, -0.1) is 0 Å². The summed E-state index contributed by atoms with van der Waals surface area (Å²) in [5, 5.41) is 0. The first-order valence-corrected chi connectivity index (χ1v) is 7.19. The Hall–Kier alpha value is -0.430. The largest absolute Gasteiger partial charge is 0.330 e. The van der Waals surface area contributed by atoms with E-state index in [1.807, 2.05) is 6.92 Å². The Kier molecular flexibility index (Phi) is 4.91. The highest BCUT2D eigenvalue weighted by Crippen LogP contribution is 2.20. The third-order valence-corrected chi connectivity index (χ3v) is 4.59. The summed E-state index contributed by atoms with van der Waals surface area (Å²) in [6, 6.07) is 6.71. The number of nitrogens with two attached hydrogens (primary N) is 1. The second-order valence-electron chi connectivity index (χ2n) is 3.62. The molecule has 0 bridgehead atoms. The molecule has 0 saturated heterocycles. The molecule has 0 fully saturated rings. The topological polar surface area (TPSA) is 72.2 Å². The van der Waals surface area contributed by atoms with Crippen LogP contribution in [0.3, 0.4) is 0 Å². The highest BCUT2D eigenvalue weighted by molar-refractivity contribution is 9.10. The van der Waals surface area contributed by atoms with Crippen LogP contribution >= 0.6 is 15.9 Å². The molecule has 6 heteroatoms. The monoisotopic (exact) mass is 306 g/mol. The van der Waals surface area contributed by atoms with Gasteiger partial charge in [0.15, 0.2) is 0 Å². The van der Waals surface area contributed by atoms with Gasteiger partial charge in [0.1, 0.15) is 0 Å². The van der Waals surface area contributed by atoms with Gasteiger partial charge in [-0.3, -0.25) is 0 Å². The van der Waals surface area contributed by atoms with Crippen molar-refractivity contribution in [2.45, 2.75) is 11.8 Å². The third-order valence-electron chi connectivity index (χ3n) is 2.15. The molecule has 0 aliphatic rings. The Morgan fingerprint density at radius 3 is 2.62 bits per heavy atom. The van der Waals surface area contributed by atoms with Gasteiger partial charge in [0.25, 0.3) is 0 Å². The molecule has 1 aromatic carbocycles. The van der Waals surface area contributed by atoms with E-state index in [9.17, 15) is 8.42 Å². The molecule has 0 heterocycles. The molecule has 90 valence electrons. The molecule has 4 nitrogen and oxygen atoms in total. The van der Waals surface area contributed by atoms with Gasteiger partial charge in [-0.05, 0) is 40.5 Å². The maximum absolute atomic E-state index is 11.9. The van der Waals surface area contributed by atoms with Gasteiger partial charge in [-0.2, -0.15) is 0 Å². The SMILES string of the molecule is CC(CN)CNS(=O)(=O)c1ccccc1Br. The van der Waals surface area contributed by atoms with Gasteiger partial charge in [0.05, 0.1) is 4.90 Å². The third kappa shape index (κ3) is 3.55. The Balaban J connectivity index is 2.83. The number of nitrogens with one attached hydrogen (secondary N) is 1. The van der Waals surface area contributed by atoms with Crippen molar-refractivity contribution in [2.75, 3.05) is 13.1 Å². The lowest BCUT2D eigenvalue weighted by atomic mass is 10.2. The zero-order valence-corrected chi connectivity index (χ0v) is 11.4. The second-order valence-corrected chi connectivity index (χ2v) is 6.21. The van der Waals surface area contributed by atoms with E-state index in [2.05, 4.69) is 20.7 Å². The average molecular weight is 307 g/mol. The normalized spacial score (nSPS) is 13.7. The Morgan fingerprint density at radius 1 is 1.44 bits per heavy atom. The van der Waals surface area contributed by atoms with Crippen LogP contribution in [0.2, 0.25) is 0 Å². The molecule has 1 unspecified atom stereocenters. The summed E-state index contributed by atoms with van der Waals surface area (Å²) in [5.41, 5.74) is 5.43. The smallest absolute Gasteiger partial charge is 0.241 e. The number of rotatable bonds is 5. The molecule has 0 aliphatic heterocycles. The molecule has 0 saturated carbocycles. The van der Waals surface area contributed by atoms with Crippen molar-refractivity contribution in [2.24, 2.45) is 11.7 Å². The van der Waals surface area contributed by atoms with Gasteiger partial charge in [-0.25, -0.2) is 13.1 Å². The fourth-order valence-corrected chi connectivity index (χ4v) is 3.24. The zero-order valence-electron chi connectivity index (χ0n) is 8.98. The number of hydrogen-bond acceptors (Lipinski definition) is 3. The van der Waals surface area contributed by atoms with Crippen LogP contribution in [0.15, 0.2) is 33.6 Å². The van der Waals surface area contributed by atoms with Crippen LogP contribution in [0.4, 0.5) is 0 Å². The van der Waals surface area contributed by atoms with Crippen molar-refractivity contribution in [1.82, 2.24) is 4.72 Å². The minimum Gasteiger partial charge on any atom is -0.330 e. The summed E-state index contributed by atoms with van der Waals surface area (Å²) in [5.74, 6) is 0.122. The quantitative estimate of drug-likeness (QED) is 0.862. The highest BCUT2D eigenvalue weighted by Gasteiger charge is 2.17. The summed E-state index contributed by atoms with van der Waals surface area (Å²) in [6.45, 7) is 2.70. The summed E-state index contributed by atoms with van der Waals surface area (Å²) < 4.78 is 26.9. The molecule has 3 N–H and O–H groups in total. The molecule has 16 heavy (non-hydrogen) atoms. The molecular formula is C10H15BrN2O2S. The minimum absolute atomic E-state index is 0.122. The number of benzene rings is 1. The van der Waals surface area contributed by atoms with Crippen molar-refractivity contribution >= 4 is 26.0 Å². The molecular weight excluding hydrogens is 292 g/mol. The second kappa shape index (κ2) is 5.77. The first kappa shape index (κ1) is 13.6. The lowest BCUT2D eigenvalue weighted by Gasteiger charge is -2.11. The van der Waals surface area contributed by atoms with Crippen LogP contribution in [0, 0.1) is 5.92 Å². The van der Waals surface area contributed by atoms with Crippen molar-refractivity contribution in [3.05, 3.63) is 28.7 Å². The first-order chi connectivity index (χ1) is 7.47. The summed E-state index contributed by atoms with van der Waals surface area (Å²) >= 11 is 3.21. The standard InChI is InChI=1S/C10H15BrN2O2S/c1-8(6-12)7-13-16(14,15)10-5-3-2-4-9(10)11/h2-5,8,13H,6-7,12H2,1H3. The number of hydrogen-bond donors (Lipinski definition) is 2. The molecule has 1 rings (SSSR count).